The second-order valence-electron chi connectivity index (χ2n) is 2.54. The summed E-state index contributed by atoms with van der Waals surface area (Å²) in [5.41, 5.74) is 8.78. The van der Waals surface area contributed by atoms with Crippen LogP contribution in [0.3, 0.4) is 0 Å². The van der Waals surface area contributed by atoms with Crippen molar-refractivity contribution in [2.24, 2.45) is 5.11 Å². The SMILES string of the molecule is COC(=O)c1cc(CN=[N+]=[N-])ncc1Cl. The van der Waals surface area contributed by atoms with Gasteiger partial charge in [0.2, 0.25) is 0 Å². The van der Waals surface area contributed by atoms with Crippen molar-refractivity contribution < 1.29 is 9.53 Å². The van der Waals surface area contributed by atoms with E-state index in [1.165, 1.54) is 19.4 Å². The van der Waals surface area contributed by atoms with Crippen molar-refractivity contribution in [2.75, 3.05) is 7.11 Å². The monoisotopic (exact) mass is 226 g/mol. The maximum atomic E-state index is 11.2. The standard InChI is InChI=1S/C8H7ClN4O2/c1-15-8(14)6-2-5(3-12-13-10)11-4-7(6)9/h2,4H,3H2,1H3. The summed E-state index contributed by atoms with van der Waals surface area (Å²) in [6, 6.07) is 1.43. The molecule has 0 fully saturated rings. The summed E-state index contributed by atoms with van der Waals surface area (Å²) in [5.74, 6) is -0.551. The van der Waals surface area contributed by atoms with E-state index in [0.29, 0.717) is 5.69 Å². The van der Waals surface area contributed by atoms with Crippen molar-refractivity contribution in [3.05, 3.63) is 39.0 Å². The molecule has 0 aliphatic heterocycles. The number of halogens is 1. The molecule has 0 saturated carbocycles. The minimum Gasteiger partial charge on any atom is -0.465 e. The Labute approximate surface area is 90.5 Å². The average molecular weight is 227 g/mol. The van der Waals surface area contributed by atoms with Gasteiger partial charge in [-0.05, 0) is 11.6 Å². The van der Waals surface area contributed by atoms with Crippen molar-refractivity contribution in [1.82, 2.24) is 4.98 Å². The van der Waals surface area contributed by atoms with Gasteiger partial charge in [-0.25, -0.2) is 4.79 Å². The molecule has 1 aromatic rings. The number of hydrogen-bond donors (Lipinski definition) is 0. The number of ether oxygens (including phenoxy) is 1. The summed E-state index contributed by atoms with van der Waals surface area (Å²) in [6.07, 6.45) is 1.32. The molecule has 0 aromatic carbocycles. The van der Waals surface area contributed by atoms with Crippen molar-refractivity contribution in [1.29, 1.82) is 0 Å². The molecular weight excluding hydrogens is 220 g/mol. The van der Waals surface area contributed by atoms with E-state index in [9.17, 15) is 4.79 Å². The predicted octanol–water partition coefficient (Wildman–Crippen LogP) is 2.33. The predicted molar refractivity (Wildman–Crippen MR) is 53.4 cm³/mol. The van der Waals surface area contributed by atoms with E-state index < -0.39 is 5.97 Å². The summed E-state index contributed by atoms with van der Waals surface area (Å²) >= 11 is 5.74. The van der Waals surface area contributed by atoms with Crippen LogP contribution in [-0.4, -0.2) is 18.1 Å². The molecule has 0 bridgehead atoms. The van der Waals surface area contributed by atoms with E-state index in [2.05, 4.69) is 19.7 Å². The Morgan fingerprint density at radius 1 is 1.80 bits per heavy atom. The zero-order chi connectivity index (χ0) is 11.3. The van der Waals surface area contributed by atoms with Gasteiger partial charge in [0.1, 0.15) is 0 Å². The number of azide groups is 1. The molecule has 1 rings (SSSR count). The van der Waals surface area contributed by atoms with Crippen LogP contribution in [0, 0.1) is 0 Å². The second-order valence-corrected chi connectivity index (χ2v) is 2.94. The van der Waals surface area contributed by atoms with Crippen LogP contribution >= 0.6 is 11.6 Å². The third kappa shape index (κ3) is 2.83. The number of rotatable bonds is 3. The Kier molecular flexibility index (Phi) is 3.91. The number of esters is 1. The van der Waals surface area contributed by atoms with Gasteiger partial charge in [0.15, 0.2) is 0 Å². The molecule has 0 aliphatic carbocycles. The van der Waals surface area contributed by atoms with E-state index in [1.54, 1.807) is 0 Å². The van der Waals surface area contributed by atoms with Gasteiger partial charge < -0.3 is 4.74 Å². The molecule has 78 valence electrons. The van der Waals surface area contributed by atoms with Gasteiger partial charge in [0, 0.05) is 16.8 Å². The molecule has 15 heavy (non-hydrogen) atoms. The largest absolute Gasteiger partial charge is 0.465 e. The first-order chi connectivity index (χ1) is 7.19. The highest BCUT2D eigenvalue weighted by Crippen LogP contribution is 2.16. The number of pyridine rings is 1. The number of nitrogens with zero attached hydrogens (tertiary/aromatic N) is 4. The van der Waals surface area contributed by atoms with Gasteiger partial charge >= 0.3 is 5.97 Å². The van der Waals surface area contributed by atoms with Crippen LogP contribution in [0.1, 0.15) is 16.1 Å². The Bertz CT molecular complexity index is 429. The second kappa shape index (κ2) is 5.19. The lowest BCUT2D eigenvalue weighted by molar-refractivity contribution is 0.0600. The third-order valence-electron chi connectivity index (χ3n) is 1.61. The van der Waals surface area contributed by atoms with Crippen LogP contribution in [0.4, 0.5) is 0 Å². The Hall–Kier alpha value is -1.78. The first kappa shape index (κ1) is 11.3. The van der Waals surface area contributed by atoms with Crippen LogP contribution in [0.15, 0.2) is 17.4 Å². The van der Waals surface area contributed by atoms with E-state index in [1.807, 2.05) is 0 Å². The van der Waals surface area contributed by atoms with Crippen molar-refractivity contribution in [2.45, 2.75) is 6.54 Å². The fraction of sp³-hybridized carbons (Fsp3) is 0.250. The van der Waals surface area contributed by atoms with Crippen molar-refractivity contribution >= 4 is 17.6 Å². The molecule has 0 saturated heterocycles. The third-order valence-corrected chi connectivity index (χ3v) is 1.91. The highest BCUT2D eigenvalue weighted by Gasteiger charge is 2.11. The van der Waals surface area contributed by atoms with Crippen LogP contribution < -0.4 is 0 Å². The van der Waals surface area contributed by atoms with Gasteiger partial charge in [-0.1, -0.05) is 16.7 Å². The van der Waals surface area contributed by atoms with Crippen LogP contribution in [0.25, 0.3) is 10.4 Å². The number of aromatic nitrogens is 1. The summed E-state index contributed by atoms with van der Waals surface area (Å²) in [7, 11) is 1.26. The average Bonchev–Trinajstić information content (AvgIpc) is 2.27. The summed E-state index contributed by atoms with van der Waals surface area (Å²) < 4.78 is 4.52. The topological polar surface area (TPSA) is 88.0 Å². The van der Waals surface area contributed by atoms with Crippen molar-refractivity contribution in [3.8, 4) is 0 Å². The van der Waals surface area contributed by atoms with Crippen LogP contribution in [0.2, 0.25) is 5.02 Å². The molecule has 6 nitrogen and oxygen atoms in total. The lowest BCUT2D eigenvalue weighted by Gasteiger charge is -2.03. The lowest BCUT2D eigenvalue weighted by Crippen LogP contribution is -2.04. The smallest absolute Gasteiger partial charge is 0.339 e. The number of carbonyl (C=O) groups is 1. The molecule has 0 atom stereocenters. The Morgan fingerprint density at radius 2 is 2.53 bits per heavy atom. The molecule has 0 N–H and O–H groups in total. The van der Waals surface area contributed by atoms with Gasteiger partial charge in [-0.2, -0.15) is 0 Å². The number of methoxy groups -OCH3 is 1. The Balaban J connectivity index is 3.04. The fourth-order valence-electron chi connectivity index (χ4n) is 0.939. The molecule has 1 heterocycles. The molecule has 0 radical (unpaired) electrons. The molecule has 1 aromatic heterocycles. The van der Waals surface area contributed by atoms with Crippen molar-refractivity contribution in [3.63, 3.8) is 0 Å². The molecule has 0 spiro atoms. The first-order valence-electron chi connectivity index (χ1n) is 3.92. The minimum absolute atomic E-state index is 0.0671. The van der Waals surface area contributed by atoms with E-state index in [-0.39, 0.29) is 17.1 Å². The van der Waals surface area contributed by atoms with E-state index in [0.717, 1.165) is 0 Å². The van der Waals surface area contributed by atoms with Crippen LogP contribution in [0.5, 0.6) is 0 Å². The molecule has 0 aliphatic rings. The molecule has 0 amide bonds. The normalized spacial score (nSPS) is 9.20. The maximum absolute atomic E-state index is 11.2. The maximum Gasteiger partial charge on any atom is 0.339 e. The quantitative estimate of drug-likeness (QED) is 0.343. The zero-order valence-electron chi connectivity index (χ0n) is 7.85. The zero-order valence-corrected chi connectivity index (χ0v) is 8.60. The Morgan fingerprint density at radius 3 is 3.13 bits per heavy atom. The van der Waals surface area contributed by atoms with E-state index >= 15 is 0 Å². The number of carbonyl (C=O) groups excluding carboxylic acids is 1. The number of hydrogen-bond acceptors (Lipinski definition) is 4. The summed E-state index contributed by atoms with van der Waals surface area (Å²) in [5, 5.41) is 3.52. The van der Waals surface area contributed by atoms with Crippen LogP contribution in [-0.2, 0) is 11.3 Å². The van der Waals surface area contributed by atoms with Gasteiger partial charge in [0.25, 0.3) is 0 Å². The minimum atomic E-state index is -0.551. The summed E-state index contributed by atoms with van der Waals surface area (Å²) in [6.45, 7) is 0.0671. The lowest BCUT2D eigenvalue weighted by atomic mass is 10.2. The van der Waals surface area contributed by atoms with Gasteiger partial charge in [0.05, 0.1) is 24.2 Å². The molecular formula is C8H7ClN4O2. The van der Waals surface area contributed by atoms with Gasteiger partial charge in [-0.15, -0.1) is 0 Å². The highest BCUT2D eigenvalue weighted by atomic mass is 35.5. The van der Waals surface area contributed by atoms with E-state index in [4.69, 9.17) is 17.1 Å². The fourth-order valence-corrected chi connectivity index (χ4v) is 1.12. The van der Waals surface area contributed by atoms with Gasteiger partial charge in [-0.3, -0.25) is 4.98 Å². The molecule has 0 unspecified atom stereocenters. The first-order valence-corrected chi connectivity index (χ1v) is 4.30. The molecule has 7 heteroatoms. The summed E-state index contributed by atoms with van der Waals surface area (Å²) in [4.78, 5) is 17.7. The highest BCUT2D eigenvalue weighted by molar-refractivity contribution is 6.33.